The van der Waals surface area contributed by atoms with E-state index in [0.29, 0.717) is 19.1 Å². The molecule has 1 rings (SSSR count). The molecule has 0 fully saturated rings. The number of nitrogens with two attached hydrogens (primary N) is 1. The zero-order valence-electron chi connectivity index (χ0n) is 12.1. The second kappa shape index (κ2) is 7.92. The van der Waals surface area contributed by atoms with Crippen LogP contribution in [0, 0.1) is 6.92 Å². The summed E-state index contributed by atoms with van der Waals surface area (Å²) in [4.78, 5) is 14.2. The molecule has 0 spiro atoms. The molecular formula is C15H25N3O. The zero-order chi connectivity index (χ0) is 14.3. The lowest BCUT2D eigenvalue weighted by atomic mass is 10.2. The molecule has 106 valence electrons. The summed E-state index contributed by atoms with van der Waals surface area (Å²) in [6.07, 6.45) is 0.913. The van der Waals surface area contributed by atoms with Crippen molar-refractivity contribution in [1.29, 1.82) is 0 Å². The molecule has 3 N–H and O–H groups in total. The first-order valence-electron chi connectivity index (χ1n) is 6.83. The Morgan fingerprint density at radius 2 is 2.16 bits per heavy atom. The number of nitrogens with zero attached hydrogens (tertiary/aromatic N) is 1. The predicted octanol–water partition coefficient (Wildman–Crippen LogP) is 1.99. The van der Waals surface area contributed by atoms with Gasteiger partial charge in [-0.05, 0) is 51.4 Å². The predicted molar refractivity (Wildman–Crippen MR) is 80.2 cm³/mol. The highest BCUT2D eigenvalue weighted by molar-refractivity contribution is 5.92. The molecular weight excluding hydrogens is 238 g/mol. The second-order valence-electron chi connectivity index (χ2n) is 5.12. The SMILES string of the molecule is Cc1cccc(NC(=O)CN(CCCN)C(C)C)c1. The van der Waals surface area contributed by atoms with Crippen molar-refractivity contribution in [2.75, 3.05) is 25.0 Å². The van der Waals surface area contributed by atoms with Crippen molar-refractivity contribution >= 4 is 11.6 Å². The molecule has 1 aromatic carbocycles. The Balaban J connectivity index is 2.52. The van der Waals surface area contributed by atoms with E-state index >= 15 is 0 Å². The number of aryl methyl sites for hydroxylation is 1. The van der Waals surface area contributed by atoms with Gasteiger partial charge < -0.3 is 11.1 Å². The van der Waals surface area contributed by atoms with Gasteiger partial charge in [0.15, 0.2) is 0 Å². The van der Waals surface area contributed by atoms with Crippen molar-refractivity contribution < 1.29 is 4.79 Å². The van der Waals surface area contributed by atoms with Crippen LogP contribution in [0.1, 0.15) is 25.8 Å². The van der Waals surface area contributed by atoms with Crippen LogP contribution in [0.5, 0.6) is 0 Å². The molecule has 1 aromatic rings. The lowest BCUT2D eigenvalue weighted by Crippen LogP contribution is -2.39. The highest BCUT2D eigenvalue weighted by Crippen LogP contribution is 2.09. The lowest BCUT2D eigenvalue weighted by molar-refractivity contribution is -0.117. The third kappa shape index (κ3) is 5.85. The molecule has 19 heavy (non-hydrogen) atoms. The van der Waals surface area contributed by atoms with Gasteiger partial charge in [-0.3, -0.25) is 9.69 Å². The van der Waals surface area contributed by atoms with E-state index in [9.17, 15) is 4.79 Å². The van der Waals surface area contributed by atoms with Crippen molar-refractivity contribution in [2.24, 2.45) is 5.73 Å². The topological polar surface area (TPSA) is 58.4 Å². The van der Waals surface area contributed by atoms with Crippen LogP contribution < -0.4 is 11.1 Å². The van der Waals surface area contributed by atoms with Crippen molar-refractivity contribution in [3.05, 3.63) is 29.8 Å². The molecule has 0 radical (unpaired) electrons. The average molecular weight is 263 g/mol. The summed E-state index contributed by atoms with van der Waals surface area (Å²) in [5.74, 6) is 0.0244. The van der Waals surface area contributed by atoms with E-state index in [2.05, 4.69) is 24.1 Å². The molecule has 0 unspecified atom stereocenters. The minimum absolute atomic E-state index is 0.0244. The van der Waals surface area contributed by atoms with Crippen molar-refractivity contribution in [2.45, 2.75) is 33.2 Å². The Morgan fingerprint density at radius 1 is 1.42 bits per heavy atom. The van der Waals surface area contributed by atoms with Crippen LogP contribution in [0.15, 0.2) is 24.3 Å². The van der Waals surface area contributed by atoms with Gasteiger partial charge in [0.25, 0.3) is 0 Å². The van der Waals surface area contributed by atoms with Crippen LogP contribution in [0.3, 0.4) is 0 Å². The number of anilines is 1. The van der Waals surface area contributed by atoms with Crippen LogP contribution >= 0.6 is 0 Å². The first kappa shape index (κ1) is 15.7. The maximum atomic E-state index is 12.0. The summed E-state index contributed by atoms with van der Waals surface area (Å²) in [6.45, 7) is 8.12. The molecule has 4 nitrogen and oxygen atoms in total. The van der Waals surface area contributed by atoms with E-state index in [-0.39, 0.29) is 5.91 Å². The molecule has 0 saturated carbocycles. The summed E-state index contributed by atoms with van der Waals surface area (Å²) in [7, 11) is 0. The quantitative estimate of drug-likeness (QED) is 0.791. The van der Waals surface area contributed by atoms with Crippen LogP contribution in [0.25, 0.3) is 0 Å². The van der Waals surface area contributed by atoms with Gasteiger partial charge in [-0.1, -0.05) is 12.1 Å². The fourth-order valence-corrected chi connectivity index (χ4v) is 1.92. The smallest absolute Gasteiger partial charge is 0.238 e. The fourth-order valence-electron chi connectivity index (χ4n) is 1.92. The summed E-state index contributed by atoms with van der Waals surface area (Å²) in [5.41, 5.74) is 7.52. The van der Waals surface area contributed by atoms with E-state index in [1.807, 2.05) is 31.2 Å². The lowest BCUT2D eigenvalue weighted by Gasteiger charge is -2.25. The van der Waals surface area contributed by atoms with Gasteiger partial charge in [-0.25, -0.2) is 0 Å². The molecule has 1 amide bonds. The number of carbonyl (C=O) groups excluding carboxylic acids is 1. The number of benzene rings is 1. The summed E-state index contributed by atoms with van der Waals surface area (Å²) < 4.78 is 0. The normalized spacial score (nSPS) is 11.1. The fraction of sp³-hybridized carbons (Fsp3) is 0.533. The van der Waals surface area contributed by atoms with Gasteiger partial charge in [0, 0.05) is 18.3 Å². The molecule has 0 bridgehead atoms. The minimum Gasteiger partial charge on any atom is -0.330 e. The molecule has 0 aliphatic heterocycles. The maximum Gasteiger partial charge on any atom is 0.238 e. The number of carbonyl (C=O) groups is 1. The van der Waals surface area contributed by atoms with Crippen LogP contribution in [0.2, 0.25) is 0 Å². The number of nitrogens with one attached hydrogen (secondary N) is 1. The highest BCUT2D eigenvalue weighted by atomic mass is 16.2. The van der Waals surface area contributed by atoms with Gasteiger partial charge in [0.1, 0.15) is 0 Å². The average Bonchev–Trinajstić information content (AvgIpc) is 2.34. The molecule has 0 aliphatic rings. The van der Waals surface area contributed by atoms with E-state index < -0.39 is 0 Å². The van der Waals surface area contributed by atoms with Gasteiger partial charge >= 0.3 is 0 Å². The zero-order valence-corrected chi connectivity index (χ0v) is 12.1. The van der Waals surface area contributed by atoms with Crippen LogP contribution in [-0.4, -0.2) is 36.5 Å². The molecule has 0 aromatic heterocycles. The summed E-state index contributed by atoms with van der Waals surface area (Å²) >= 11 is 0. The Labute approximate surface area is 116 Å². The van der Waals surface area contributed by atoms with Crippen molar-refractivity contribution in [1.82, 2.24) is 4.90 Å². The monoisotopic (exact) mass is 263 g/mol. The third-order valence-electron chi connectivity index (χ3n) is 3.03. The molecule has 0 atom stereocenters. The van der Waals surface area contributed by atoms with E-state index in [1.165, 1.54) is 0 Å². The first-order chi connectivity index (χ1) is 9.02. The second-order valence-corrected chi connectivity index (χ2v) is 5.12. The molecule has 0 aliphatic carbocycles. The van der Waals surface area contributed by atoms with Gasteiger partial charge in [0.05, 0.1) is 6.54 Å². The van der Waals surface area contributed by atoms with Gasteiger partial charge in [0.2, 0.25) is 5.91 Å². The van der Waals surface area contributed by atoms with Crippen molar-refractivity contribution in [3.8, 4) is 0 Å². The molecule has 0 saturated heterocycles. The maximum absolute atomic E-state index is 12.0. The Hall–Kier alpha value is -1.39. The van der Waals surface area contributed by atoms with Crippen molar-refractivity contribution in [3.63, 3.8) is 0 Å². The van der Waals surface area contributed by atoms with Crippen LogP contribution in [0.4, 0.5) is 5.69 Å². The van der Waals surface area contributed by atoms with E-state index in [4.69, 9.17) is 5.73 Å². The largest absolute Gasteiger partial charge is 0.330 e. The number of amides is 1. The minimum atomic E-state index is 0.0244. The van der Waals surface area contributed by atoms with Gasteiger partial charge in [-0.2, -0.15) is 0 Å². The Bertz CT molecular complexity index is 404. The Morgan fingerprint density at radius 3 is 2.74 bits per heavy atom. The number of hydrogen-bond donors (Lipinski definition) is 2. The van der Waals surface area contributed by atoms with Gasteiger partial charge in [-0.15, -0.1) is 0 Å². The molecule has 0 heterocycles. The van der Waals surface area contributed by atoms with Crippen LogP contribution in [-0.2, 0) is 4.79 Å². The molecule has 4 heteroatoms. The number of rotatable bonds is 7. The summed E-state index contributed by atoms with van der Waals surface area (Å²) in [5, 5.41) is 2.93. The standard InChI is InChI=1S/C15H25N3O/c1-12(2)18(9-5-8-16)11-15(19)17-14-7-4-6-13(3)10-14/h4,6-7,10,12H,5,8-9,11,16H2,1-3H3,(H,17,19). The highest BCUT2D eigenvalue weighted by Gasteiger charge is 2.13. The Kier molecular flexibility index (Phi) is 6.53. The van der Waals surface area contributed by atoms with E-state index in [1.54, 1.807) is 0 Å². The first-order valence-corrected chi connectivity index (χ1v) is 6.83. The number of hydrogen-bond acceptors (Lipinski definition) is 3. The van der Waals surface area contributed by atoms with E-state index in [0.717, 1.165) is 24.2 Å². The summed E-state index contributed by atoms with van der Waals surface area (Å²) in [6, 6.07) is 8.17. The third-order valence-corrected chi connectivity index (χ3v) is 3.03.